The van der Waals surface area contributed by atoms with Gasteiger partial charge in [-0.15, -0.1) is 11.8 Å². The molecule has 2 spiro atoms. The van der Waals surface area contributed by atoms with Gasteiger partial charge in [-0.2, -0.15) is 18.2 Å². The Morgan fingerprint density at radius 1 is 1.08 bits per heavy atom. The molecule has 4 fully saturated rings. The van der Waals surface area contributed by atoms with Crippen LogP contribution in [0.4, 0.5) is 30.6 Å². The van der Waals surface area contributed by atoms with Crippen molar-refractivity contribution in [2.75, 3.05) is 49.6 Å². The molecule has 0 bridgehead atoms. The highest BCUT2D eigenvalue weighted by molar-refractivity contribution is 8.00. The van der Waals surface area contributed by atoms with Gasteiger partial charge in [-0.1, -0.05) is 0 Å². The lowest BCUT2D eigenvalue weighted by atomic mass is 9.63. The van der Waals surface area contributed by atoms with Crippen molar-refractivity contribution >= 4 is 29.2 Å². The van der Waals surface area contributed by atoms with Gasteiger partial charge in [0.1, 0.15) is 11.4 Å². The van der Waals surface area contributed by atoms with Crippen LogP contribution in [0.1, 0.15) is 49.7 Å². The zero-order chi connectivity index (χ0) is 25.7. The molecule has 2 N–H and O–H groups in total. The van der Waals surface area contributed by atoms with Crippen LogP contribution in [0.25, 0.3) is 0 Å². The van der Waals surface area contributed by atoms with Crippen molar-refractivity contribution in [2.45, 2.75) is 61.8 Å². The number of halogens is 3. The molecule has 200 valence electrons. The summed E-state index contributed by atoms with van der Waals surface area (Å²) in [4.78, 5) is 11.4. The number of ether oxygens (including phenoxy) is 1. The van der Waals surface area contributed by atoms with E-state index in [4.69, 9.17) is 4.74 Å². The molecule has 1 aromatic heterocycles. The molecule has 0 unspecified atom stereocenters. The summed E-state index contributed by atoms with van der Waals surface area (Å²) >= 11 is 1.94. The van der Waals surface area contributed by atoms with Gasteiger partial charge in [-0.3, -0.25) is 0 Å². The van der Waals surface area contributed by atoms with E-state index in [2.05, 4.69) is 32.7 Å². The number of nitrogens with zero attached hydrogens (tertiary/aromatic N) is 3. The van der Waals surface area contributed by atoms with E-state index in [-0.39, 0.29) is 17.2 Å². The minimum absolute atomic E-state index is 0.0401. The van der Waals surface area contributed by atoms with E-state index in [1.54, 1.807) is 4.90 Å². The quantitative estimate of drug-likeness (QED) is 0.505. The Hall–Kier alpha value is -2.04. The van der Waals surface area contributed by atoms with Gasteiger partial charge in [-0.05, 0) is 87.7 Å². The van der Waals surface area contributed by atoms with Crippen molar-refractivity contribution in [1.29, 1.82) is 0 Å². The molecule has 0 radical (unpaired) electrons. The van der Waals surface area contributed by atoms with Crippen LogP contribution >= 0.6 is 11.8 Å². The Balaban J connectivity index is 1.14. The van der Waals surface area contributed by atoms with Gasteiger partial charge in [0.15, 0.2) is 0 Å². The third-order valence-corrected chi connectivity index (χ3v) is 9.94. The van der Waals surface area contributed by atoms with E-state index >= 15 is 0 Å². The highest BCUT2D eigenvalue weighted by Gasteiger charge is 2.45. The fourth-order valence-corrected chi connectivity index (χ4v) is 7.91. The molecule has 37 heavy (non-hydrogen) atoms. The molecule has 4 aliphatic rings. The maximum absolute atomic E-state index is 13.8. The Morgan fingerprint density at radius 3 is 2.43 bits per heavy atom. The lowest BCUT2D eigenvalue weighted by Gasteiger charge is -2.50. The third kappa shape index (κ3) is 5.16. The molecular weight excluding hydrogens is 499 g/mol. The number of rotatable bonds is 5. The van der Waals surface area contributed by atoms with Gasteiger partial charge in [-0.25, -0.2) is 4.98 Å². The molecule has 3 saturated heterocycles. The van der Waals surface area contributed by atoms with Crippen LogP contribution in [0.3, 0.4) is 0 Å². The first kappa shape index (κ1) is 25.2. The summed E-state index contributed by atoms with van der Waals surface area (Å²) in [6.45, 7) is 6.76. The number of piperidine rings is 2. The zero-order valence-electron chi connectivity index (χ0n) is 21.2. The molecule has 0 amide bonds. The van der Waals surface area contributed by atoms with Crippen molar-refractivity contribution in [3.63, 3.8) is 0 Å². The van der Waals surface area contributed by atoms with Gasteiger partial charge < -0.3 is 20.3 Å². The standard InChI is InChI=1S/C27H34F3N5OS/c1-18-12-19(37-20-13-25(14-20)4-8-31-9-5-25)2-3-22(18)33-24-32-15-21(27(28,29)30)23(34-24)35-10-6-26(7-11-35)16-36-17-26/h2-3,12,15,20,31H,4-11,13-14,16-17H2,1H3,(H,32,33,34). The number of aryl methyl sites for hydroxylation is 1. The molecule has 0 atom stereocenters. The van der Waals surface area contributed by atoms with Crippen LogP contribution in [-0.2, 0) is 10.9 Å². The van der Waals surface area contributed by atoms with Crippen molar-refractivity contribution in [3.8, 4) is 0 Å². The van der Waals surface area contributed by atoms with E-state index < -0.39 is 11.7 Å². The van der Waals surface area contributed by atoms with Crippen LogP contribution in [0.15, 0.2) is 29.3 Å². The predicted octanol–water partition coefficient (Wildman–Crippen LogP) is 5.79. The summed E-state index contributed by atoms with van der Waals surface area (Å²) in [5.41, 5.74) is 1.73. The number of anilines is 3. The Kier molecular flexibility index (Phi) is 6.56. The van der Waals surface area contributed by atoms with Crippen LogP contribution in [0.2, 0.25) is 0 Å². The van der Waals surface area contributed by atoms with Gasteiger partial charge in [0.05, 0.1) is 13.2 Å². The largest absolute Gasteiger partial charge is 0.421 e. The van der Waals surface area contributed by atoms with Crippen molar-refractivity contribution in [2.24, 2.45) is 10.8 Å². The monoisotopic (exact) mass is 533 g/mol. The van der Waals surface area contributed by atoms with Crippen LogP contribution in [-0.4, -0.2) is 54.6 Å². The first-order valence-corrected chi connectivity index (χ1v) is 14.1. The average molecular weight is 534 g/mol. The number of aromatic nitrogens is 2. The Bertz CT molecular complexity index is 1130. The topological polar surface area (TPSA) is 62.3 Å². The normalized spacial score (nSPS) is 23.1. The van der Waals surface area contributed by atoms with E-state index in [1.165, 1.54) is 30.6 Å². The number of benzene rings is 1. The number of alkyl halides is 3. The van der Waals surface area contributed by atoms with Crippen molar-refractivity contribution < 1.29 is 17.9 Å². The fourth-order valence-electron chi connectivity index (χ4n) is 6.26. The molecule has 3 aliphatic heterocycles. The van der Waals surface area contributed by atoms with Gasteiger partial charge in [0, 0.05) is 40.5 Å². The number of thioether (sulfide) groups is 1. The van der Waals surface area contributed by atoms with Crippen molar-refractivity contribution in [3.05, 3.63) is 35.5 Å². The smallest absolute Gasteiger partial charge is 0.380 e. The van der Waals surface area contributed by atoms with Crippen molar-refractivity contribution in [1.82, 2.24) is 15.3 Å². The number of nitrogens with one attached hydrogen (secondary N) is 2. The summed E-state index contributed by atoms with van der Waals surface area (Å²) in [7, 11) is 0. The lowest BCUT2D eigenvalue weighted by Crippen LogP contribution is -2.51. The molecule has 1 aliphatic carbocycles. The molecule has 6 rings (SSSR count). The van der Waals surface area contributed by atoms with E-state index in [0.29, 0.717) is 37.0 Å². The average Bonchev–Trinajstić information content (AvgIpc) is 2.84. The molecule has 1 aromatic carbocycles. The fraction of sp³-hybridized carbons (Fsp3) is 0.630. The Morgan fingerprint density at radius 2 is 1.81 bits per heavy atom. The van der Waals surface area contributed by atoms with Crippen LogP contribution in [0, 0.1) is 17.8 Å². The number of hydrogen-bond acceptors (Lipinski definition) is 7. The summed E-state index contributed by atoms with van der Waals surface area (Å²) < 4.78 is 46.8. The van der Waals surface area contributed by atoms with Crippen LogP contribution < -0.4 is 15.5 Å². The lowest BCUT2D eigenvalue weighted by molar-refractivity contribution is -0.138. The van der Waals surface area contributed by atoms with E-state index in [9.17, 15) is 13.2 Å². The third-order valence-electron chi connectivity index (χ3n) is 8.75. The summed E-state index contributed by atoms with van der Waals surface area (Å²) in [6, 6.07) is 6.22. The summed E-state index contributed by atoms with van der Waals surface area (Å²) in [6.07, 6.45) is 3.17. The SMILES string of the molecule is Cc1cc(SC2CC3(CCNCC3)C2)ccc1Nc1ncc(C(F)(F)F)c(N2CCC3(CC2)COC3)n1. The maximum atomic E-state index is 13.8. The first-order valence-electron chi connectivity index (χ1n) is 13.2. The maximum Gasteiger partial charge on any atom is 0.421 e. The second-order valence-electron chi connectivity index (χ2n) is 11.4. The summed E-state index contributed by atoms with van der Waals surface area (Å²) in [5.74, 6) is 0.146. The second kappa shape index (κ2) is 9.61. The minimum Gasteiger partial charge on any atom is -0.380 e. The highest BCUT2D eigenvalue weighted by Crippen LogP contribution is 2.54. The van der Waals surface area contributed by atoms with Gasteiger partial charge in [0.2, 0.25) is 5.95 Å². The number of hydrogen-bond donors (Lipinski definition) is 2. The minimum atomic E-state index is -4.51. The Labute approximate surface area is 220 Å². The molecular formula is C27H34F3N5OS. The van der Waals surface area contributed by atoms with E-state index in [0.717, 1.165) is 43.4 Å². The summed E-state index contributed by atoms with van der Waals surface area (Å²) in [5, 5.41) is 7.29. The second-order valence-corrected chi connectivity index (χ2v) is 12.8. The molecule has 2 aromatic rings. The predicted molar refractivity (Wildman–Crippen MR) is 140 cm³/mol. The zero-order valence-corrected chi connectivity index (χ0v) is 22.0. The van der Waals surface area contributed by atoms with E-state index in [1.807, 2.05) is 24.8 Å². The molecule has 1 saturated carbocycles. The highest BCUT2D eigenvalue weighted by atomic mass is 32.2. The van der Waals surface area contributed by atoms with Gasteiger partial charge >= 0.3 is 6.18 Å². The van der Waals surface area contributed by atoms with Gasteiger partial charge in [0.25, 0.3) is 0 Å². The van der Waals surface area contributed by atoms with Crippen LogP contribution in [0.5, 0.6) is 0 Å². The molecule has 6 nitrogen and oxygen atoms in total. The first-order chi connectivity index (χ1) is 17.7. The molecule has 4 heterocycles. The molecule has 10 heteroatoms.